The first kappa shape index (κ1) is 17.4. The first-order valence-electron chi connectivity index (χ1n) is 7.40. The summed E-state index contributed by atoms with van der Waals surface area (Å²) in [6.45, 7) is 6.23. The van der Waals surface area contributed by atoms with Gasteiger partial charge in [-0.3, -0.25) is 0 Å². The van der Waals surface area contributed by atoms with Gasteiger partial charge in [-0.2, -0.15) is 0 Å². The molecule has 0 aliphatic rings. The van der Waals surface area contributed by atoms with Crippen molar-refractivity contribution >= 4 is 9.03 Å². The normalized spacial score (nSPS) is 10.9. The van der Waals surface area contributed by atoms with E-state index in [1.807, 2.05) is 0 Å². The maximum Gasteiger partial charge on any atom is 0.155 e. The molecule has 0 unspecified atom stereocenters. The average molecular weight is 262 g/mol. The van der Waals surface area contributed by atoms with Crippen molar-refractivity contribution in [3.63, 3.8) is 0 Å². The van der Waals surface area contributed by atoms with Crippen LogP contribution >= 0.6 is 9.03 Å². The van der Waals surface area contributed by atoms with Crippen LogP contribution in [0.1, 0.15) is 78.1 Å². The standard InChI is InChI=1S/C14H31O2P/c1-3-5-7-9-11-13-15-17-16-14-12-10-8-6-4-2/h17H,3-14H2,1-2H3. The van der Waals surface area contributed by atoms with Crippen LogP contribution in [0.4, 0.5) is 0 Å². The molecule has 0 aromatic heterocycles. The quantitative estimate of drug-likeness (QED) is 0.305. The van der Waals surface area contributed by atoms with Crippen LogP contribution in [0.5, 0.6) is 0 Å². The van der Waals surface area contributed by atoms with E-state index in [9.17, 15) is 0 Å². The second-order valence-electron chi connectivity index (χ2n) is 4.61. The van der Waals surface area contributed by atoms with Gasteiger partial charge in [-0.05, 0) is 12.8 Å². The Morgan fingerprint density at radius 1 is 0.588 bits per heavy atom. The molecule has 0 amide bonds. The predicted molar refractivity (Wildman–Crippen MR) is 77.7 cm³/mol. The van der Waals surface area contributed by atoms with Gasteiger partial charge < -0.3 is 9.05 Å². The Labute approximate surface area is 110 Å². The van der Waals surface area contributed by atoms with Crippen LogP contribution in [0.25, 0.3) is 0 Å². The van der Waals surface area contributed by atoms with E-state index >= 15 is 0 Å². The maximum absolute atomic E-state index is 5.45. The van der Waals surface area contributed by atoms with Crippen molar-refractivity contribution < 1.29 is 9.05 Å². The lowest BCUT2D eigenvalue weighted by Gasteiger charge is -2.05. The molecule has 0 rings (SSSR count). The molecule has 0 fully saturated rings. The first-order chi connectivity index (χ1) is 8.41. The van der Waals surface area contributed by atoms with E-state index in [4.69, 9.17) is 9.05 Å². The molecule has 0 spiro atoms. The molecule has 104 valence electrons. The van der Waals surface area contributed by atoms with Gasteiger partial charge in [0.05, 0.1) is 13.2 Å². The molecule has 0 saturated heterocycles. The highest BCUT2D eigenvalue weighted by atomic mass is 31.1. The summed E-state index contributed by atoms with van der Waals surface area (Å²) in [6, 6.07) is 0. The van der Waals surface area contributed by atoms with Crippen LogP contribution in [0.3, 0.4) is 0 Å². The van der Waals surface area contributed by atoms with Gasteiger partial charge in [0, 0.05) is 0 Å². The second kappa shape index (κ2) is 16.4. The van der Waals surface area contributed by atoms with Crippen LogP contribution in [0.2, 0.25) is 0 Å². The van der Waals surface area contributed by atoms with Gasteiger partial charge in [0.15, 0.2) is 9.03 Å². The summed E-state index contributed by atoms with van der Waals surface area (Å²) >= 11 is 0. The summed E-state index contributed by atoms with van der Waals surface area (Å²) in [5.41, 5.74) is 0. The topological polar surface area (TPSA) is 18.5 Å². The molecule has 17 heavy (non-hydrogen) atoms. The Bertz CT molecular complexity index is 117. The lowest BCUT2D eigenvalue weighted by atomic mass is 10.2. The molecule has 0 radical (unpaired) electrons. The zero-order chi connectivity index (χ0) is 12.6. The van der Waals surface area contributed by atoms with E-state index in [-0.39, 0.29) is 9.03 Å². The third kappa shape index (κ3) is 16.4. The Balaban J connectivity index is 2.85. The number of hydrogen-bond acceptors (Lipinski definition) is 2. The van der Waals surface area contributed by atoms with Gasteiger partial charge in [-0.1, -0.05) is 65.2 Å². The molecule has 0 saturated carbocycles. The monoisotopic (exact) mass is 262 g/mol. The minimum Gasteiger partial charge on any atom is -0.336 e. The Morgan fingerprint density at radius 2 is 1.00 bits per heavy atom. The Morgan fingerprint density at radius 3 is 1.41 bits per heavy atom. The summed E-state index contributed by atoms with van der Waals surface area (Å²) in [5.74, 6) is 0. The molecule has 0 atom stereocenters. The number of rotatable bonds is 14. The van der Waals surface area contributed by atoms with Crippen LogP contribution in [-0.4, -0.2) is 13.2 Å². The molecule has 0 aromatic carbocycles. The molecule has 2 nitrogen and oxygen atoms in total. The van der Waals surface area contributed by atoms with Gasteiger partial charge in [0.1, 0.15) is 0 Å². The summed E-state index contributed by atoms with van der Waals surface area (Å²) in [4.78, 5) is 0. The van der Waals surface area contributed by atoms with Crippen molar-refractivity contribution in [1.29, 1.82) is 0 Å². The van der Waals surface area contributed by atoms with Gasteiger partial charge in [-0.15, -0.1) is 0 Å². The van der Waals surface area contributed by atoms with Gasteiger partial charge in [0.2, 0.25) is 0 Å². The highest BCUT2D eigenvalue weighted by Crippen LogP contribution is 2.16. The Kier molecular flexibility index (Phi) is 16.7. The van der Waals surface area contributed by atoms with E-state index in [1.54, 1.807) is 0 Å². The molecule has 0 aliphatic heterocycles. The molecule has 0 N–H and O–H groups in total. The zero-order valence-electron chi connectivity index (χ0n) is 11.8. The van der Waals surface area contributed by atoms with Gasteiger partial charge >= 0.3 is 0 Å². The number of hydrogen-bond donors (Lipinski definition) is 0. The molecular weight excluding hydrogens is 231 g/mol. The largest absolute Gasteiger partial charge is 0.336 e. The Hall–Kier alpha value is 0.350. The third-order valence-corrected chi connectivity index (χ3v) is 3.46. The van der Waals surface area contributed by atoms with Crippen molar-refractivity contribution in [3.8, 4) is 0 Å². The molecule has 0 heterocycles. The van der Waals surface area contributed by atoms with Crippen molar-refractivity contribution in [2.24, 2.45) is 0 Å². The average Bonchev–Trinajstić information content (AvgIpc) is 2.35. The smallest absolute Gasteiger partial charge is 0.155 e. The maximum atomic E-state index is 5.45. The zero-order valence-corrected chi connectivity index (χ0v) is 12.8. The minimum absolute atomic E-state index is 0.257. The first-order valence-corrected chi connectivity index (χ1v) is 8.22. The predicted octanol–water partition coefficient (Wildman–Crippen LogP) is 5.47. The second-order valence-corrected chi connectivity index (χ2v) is 5.35. The summed E-state index contributed by atoms with van der Waals surface area (Å²) in [7, 11) is 0.257. The van der Waals surface area contributed by atoms with Crippen LogP contribution in [0.15, 0.2) is 0 Å². The molecule has 0 bridgehead atoms. The van der Waals surface area contributed by atoms with Crippen molar-refractivity contribution in [2.45, 2.75) is 78.1 Å². The van der Waals surface area contributed by atoms with Crippen molar-refractivity contribution in [3.05, 3.63) is 0 Å². The fourth-order valence-corrected chi connectivity index (χ4v) is 2.22. The van der Waals surface area contributed by atoms with Gasteiger partial charge in [0.25, 0.3) is 0 Å². The fourth-order valence-electron chi connectivity index (χ4n) is 1.68. The van der Waals surface area contributed by atoms with Gasteiger partial charge in [-0.25, -0.2) is 0 Å². The summed E-state index contributed by atoms with van der Waals surface area (Å²) in [5, 5.41) is 0. The summed E-state index contributed by atoms with van der Waals surface area (Å²) < 4.78 is 10.9. The lowest BCUT2D eigenvalue weighted by Crippen LogP contribution is -1.90. The highest BCUT2D eigenvalue weighted by Gasteiger charge is 1.92. The van der Waals surface area contributed by atoms with E-state index in [2.05, 4.69) is 13.8 Å². The number of unbranched alkanes of at least 4 members (excludes halogenated alkanes) is 8. The van der Waals surface area contributed by atoms with E-state index < -0.39 is 0 Å². The van der Waals surface area contributed by atoms with Crippen molar-refractivity contribution in [2.75, 3.05) is 13.2 Å². The van der Waals surface area contributed by atoms with E-state index in [0.29, 0.717) is 0 Å². The summed E-state index contributed by atoms with van der Waals surface area (Å²) in [6.07, 6.45) is 13.0. The molecule has 3 heteroatoms. The molecule has 0 aliphatic carbocycles. The highest BCUT2D eigenvalue weighted by molar-refractivity contribution is 7.26. The SMILES string of the molecule is CCCCCCCOPOCCCCCCC. The molecular formula is C14H31O2P. The van der Waals surface area contributed by atoms with Crippen molar-refractivity contribution in [1.82, 2.24) is 0 Å². The van der Waals surface area contributed by atoms with Crippen LogP contribution in [0, 0.1) is 0 Å². The van der Waals surface area contributed by atoms with E-state index in [1.165, 1.54) is 64.2 Å². The van der Waals surface area contributed by atoms with E-state index in [0.717, 1.165) is 13.2 Å². The van der Waals surface area contributed by atoms with Crippen LogP contribution < -0.4 is 0 Å². The van der Waals surface area contributed by atoms with Crippen LogP contribution in [-0.2, 0) is 9.05 Å². The lowest BCUT2D eigenvalue weighted by molar-refractivity contribution is 0.256. The minimum atomic E-state index is 0.257. The third-order valence-electron chi connectivity index (χ3n) is 2.82. The molecule has 0 aromatic rings. The fraction of sp³-hybridized carbons (Fsp3) is 1.00.